The Hall–Kier alpha value is -1.10. The van der Waals surface area contributed by atoms with E-state index in [1.807, 2.05) is 30.3 Å². The van der Waals surface area contributed by atoms with Gasteiger partial charge in [0.05, 0.1) is 0 Å². The van der Waals surface area contributed by atoms with E-state index < -0.39 is 5.60 Å². The Morgan fingerprint density at radius 3 is 2.40 bits per heavy atom. The molecule has 2 saturated carbocycles. The van der Waals surface area contributed by atoms with Gasteiger partial charge in [-0.05, 0) is 49.2 Å². The van der Waals surface area contributed by atoms with Crippen molar-refractivity contribution in [1.29, 1.82) is 0 Å². The van der Waals surface area contributed by atoms with Crippen LogP contribution in [-0.2, 0) is 10.4 Å². The summed E-state index contributed by atoms with van der Waals surface area (Å²) >= 11 is 0. The van der Waals surface area contributed by atoms with Crippen molar-refractivity contribution < 1.29 is 9.90 Å². The zero-order valence-electron chi connectivity index (χ0n) is 14.6. The Morgan fingerprint density at radius 2 is 1.76 bits per heavy atom. The fourth-order valence-corrected chi connectivity index (χ4v) is 4.96. The van der Waals surface area contributed by atoms with E-state index in [4.69, 9.17) is 0 Å². The van der Waals surface area contributed by atoms with Gasteiger partial charge in [-0.3, -0.25) is 4.79 Å². The predicted molar refractivity (Wildman–Crippen MR) is 101 cm³/mol. The fourth-order valence-electron chi connectivity index (χ4n) is 4.96. The zero-order chi connectivity index (χ0) is 16.6. The lowest BCUT2D eigenvalue weighted by molar-refractivity contribution is -0.149. The number of nitrogens with one attached hydrogen (secondary N) is 2. The first-order valence-electron chi connectivity index (χ1n) is 9.48. The third kappa shape index (κ3) is 3.44. The molecule has 3 fully saturated rings. The van der Waals surface area contributed by atoms with Gasteiger partial charge in [0, 0.05) is 12.5 Å². The molecule has 4 rings (SSSR count). The summed E-state index contributed by atoms with van der Waals surface area (Å²) < 4.78 is 0. The van der Waals surface area contributed by atoms with Gasteiger partial charge in [-0.15, -0.1) is 12.4 Å². The highest BCUT2D eigenvalue weighted by molar-refractivity contribution is 5.86. The molecule has 2 aliphatic carbocycles. The normalized spacial score (nSPS) is 30.7. The molecule has 1 heterocycles. The highest BCUT2D eigenvalue weighted by Crippen LogP contribution is 2.48. The molecule has 0 radical (unpaired) electrons. The maximum absolute atomic E-state index is 13.0. The van der Waals surface area contributed by atoms with Crippen molar-refractivity contribution in [3.63, 3.8) is 0 Å². The van der Waals surface area contributed by atoms with Crippen LogP contribution in [0.4, 0.5) is 0 Å². The minimum atomic E-state index is -1.38. The second-order valence-electron chi connectivity index (χ2n) is 7.83. The summed E-state index contributed by atoms with van der Waals surface area (Å²) in [5, 5.41) is 18.0. The van der Waals surface area contributed by atoms with E-state index in [1.54, 1.807) is 0 Å². The summed E-state index contributed by atoms with van der Waals surface area (Å²) in [5.41, 5.74) is -0.642. The van der Waals surface area contributed by atoms with Crippen LogP contribution in [0.1, 0.15) is 37.7 Å². The zero-order valence-corrected chi connectivity index (χ0v) is 15.4. The van der Waals surface area contributed by atoms with Gasteiger partial charge in [0.1, 0.15) is 0 Å². The monoisotopic (exact) mass is 364 g/mol. The third-order valence-electron chi connectivity index (χ3n) is 6.52. The fraction of sp³-hybridized carbons (Fsp3) is 0.650. The average molecular weight is 365 g/mol. The van der Waals surface area contributed by atoms with Crippen molar-refractivity contribution in [3.05, 3.63) is 35.9 Å². The van der Waals surface area contributed by atoms with E-state index >= 15 is 0 Å². The van der Waals surface area contributed by atoms with Crippen LogP contribution in [0.5, 0.6) is 0 Å². The van der Waals surface area contributed by atoms with Crippen molar-refractivity contribution in [1.82, 2.24) is 10.6 Å². The van der Waals surface area contributed by atoms with Crippen LogP contribution in [-0.4, -0.2) is 30.6 Å². The third-order valence-corrected chi connectivity index (χ3v) is 6.52. The maximum atomic E-state index is 13.0. The molecule has 5 heteroatoms. The molecular formula is C20H29ClN2O2. The highest BCUT2D eigenvalue weighted by Gasteiger charge is 2.53. The minimum absolute atomic E-state index is 0. The average Bonchev–Trinajstić information content (AvgIpc) is 3.07. The smallest absolute Gasteiger partial charge is 0.256 e. The van der Waals surface area contributed by atoms with Crippen molar-refractivity contribution in [2.24, 2.45) is 23.7 Å². The summed E-state index contributed by atoms with van der Waals surface area (Å²) in [6.45, 7) is 2.87. The number of fused-ring (bicyclic) bond motifs is 1. The summed E-state index contributed by atoms with van der Waals surface area (Å²) in [6.07, 6.45) is 5.27. The molecule has 3 N–H and O–H groups in total. The largest absolute Gasteiger partial charge is 0.375 e. The van der Waals surface area contributed by atoms with E-state index in [-0.39, 0.29) is 24.2 Å². The Balaban J connectivity index is 0.00000182. The molecule has 1 amide bonds. The van der Waals surface area contributed by atoms with Gasteiger partial charge in [-0.25, -0.2) is 0 Å². The van der Waals surface area contributed by atoms with Gasteiger partial charge in [-0.2, -0.15) is 0 Å². The number of aliphatic hydroxyl groups is 1. The lowest BCUT2D eigenvalue weighted by atomic mass is 9.73. The van der Waals surface area contributed by atoms with Gasteiger partial charge in [0.25, 0.3) is 5.91 Å². The van der Waals surface area contributed by atoms with Crippen LogP contribution in [0, 0.1) is 23.7 Å². The quantitative estimate of drug-likeness (QED) is 0.752. The van der Waals surface area contributed by atoms with Crippen LogP contribution in [0.3, 0.4) is 0 Å². The van der Waals surface area contributed by atoms with Gasteiger partial charge in [0.2, 0.25) is 0 Å². The summed E-state index contributed by atoms with van der Waals surface area (Å²) in [7, 11) is 0. The van der Waals surface area contributed by atoms with E-state index in [0.29, 0.717) is 12.5 Å². The second-order valence-corrected chi connectivity index (χ2v) is 7.83. The standard InChI is InChI=1S/C20H28N2O2.ClH/c23-19(22-13-18-16-11-21-12-17(16)18)20(24,14-7-3-1-4-8-14)15-9-5-2-6-10-15;/h1,3-4,7-8,15-18,21,24H,2,5-6,9-13H2,(H,22,23);1H/t16-,17+,18?,20?;. The lowest BCUT2D eigenvalue weighted by Gasteiger charge is -2.37. The van der Waals surface area contributed by atoms with Crippen molar-refractivity contribution in [2.45, 2.75) is 37.7 Å². The topological polar surface area (TPSA) is 61.4 Å². The minimum Gasteiger partial charge on any atom is -0.375 e. The first-order chi connectivity index (χ1) is 11.7. The number of piperidine rings is 1. The number of carbonyl (C=O) groups is 1. The van der Waals surface area contributed by atoms with Crippen LogP contribution in [0.15, 0.2) is 30.3 Å². The molecular weight excluding hydrogens is 336 g/mol. The SMILES string of the molecule is Cl.O=C(NCC1[C@H]2CNC[C@@H]12)C(O)(c1ccccc1)C1CCCCC1. The molecule has 138 valence electrons. The molecule has 4 atom stereocenters. The van der Waals surface area contributed by atoms with E-state index in [2.05, 4.69) is 10.6 Å². The Kier molecular flexibility index (Phi) is 5.71. The number of hydrogen-bond donors (Lipinski definition) is 3. The van der Waals surface area contributed by atoms with Crippen molar-refractivity contribution >= 4 is 18.3 Å². The van der Waals surface area contributed by atoms with Gasteiger partial charge >= 0.3 is 0 Å². The summed E-state index contributed by atoms with van der Waals surface area (Å²) in [4.78, 5) is 13.0. The molecule has 0 spiro atoms. The van der Waals surface area contributed by atoms with E-state index in [1.165, 1.54) is 6.42 Å². The molecule has 1 saturated heterocycles. The van der Waals surface area contributed by atoms with Crippen LogP contribution < -0.4 is 10.6 Å². The molecule has 0 aromatic heterocycles. The maximum Gasteiger partial charge on any atom is 0.256 e. The number of halogens is 1. The van der Waals surface area contributed by atoms with E-state index in [9.17, 15) is 9.90 Å². The summed E-state index contributed by atoms with van der Waals surface area (Å²) in [5.74, 6) is 1.88. The molecule has 25 heavy (non-hydrogen) atoms. The van der Waals surface area contributed by atoms with Crippen molar-refractivity contribution in [2.75, 3.05) is 19.6 Å². The molecule has 3 aliphatic rings. The first-order valence-corrected chi connectivity index (χ1v) is 9.48. The lowest BCUT2D eigenvalue weighted by Crippen LogP contribution is -2.50. The second kappa shape index (κ2) is 7.65. The van der Waals surface area contributed by atoms with Crippen molar-refractivity contribution in [3.8, 4) is 0 Å². The van der Waals surface area contributed by atoms with Crippen LogP contribution in [0.25, 0.3) is 0 Å². The highest BCUT2D eigenvalue weighted by atomic mass is 35.5. The number of hydrogen-bond acceptors (Lipinski definition) is 3. The Morgan fingerprint density at radius 1 is 1.12 bits per heavy atom. The summed E-state index contributed by atoms with van der Waals surface area (Å²) in [6, 6.07) is 9.54. The molecule has 1 aromatic rings. The Labute approximate surface area is 156 Å². The molecule has 4 nitrogen and oxygen atoms in total. The van der Waals surface area contributed by atoms with E-state index in [0.717, 1.165) is 56.2 Å². The van der Waals surface area contributed by atoms with Gasteiger partial charge in [-0.1, -0.05) is 49.6 Å². The number of rotatable bonds is 5. The molecule has 2 unspecified atom stereocenters. The first kappa shape index (κ1) is 18.7. The predicted octanol–water partition coefficient (Wildman–Crippen LogP) is 2.46. The molecule has 1 aromatic carbocycles. The number of benzene rings is 1. The molecule has 0 bridgehead atoms. The Bertz CT molecular complexity index is 581. The van der Waals surface area contributed by atoms with Crippen LogP contribution >= 0.6 is 12.4 Å². The van der Waals surface area contributed by atoms with Gasteiger partial charge in [0.15, 0.2) is 5.60 Å². The number of amides is 1. The van der Waals surface area contributed by atoms with Crippen LogP contribution in [0.2, 0.25) is 0 Å². The number of carbonyl (C=O) groups excluding carboxylic acids is 1. The van der Waals surface area contributed by atoms with Gasteiger partial charge < -0.3 is 15.7 Å². The molecule has 1 aliphatic heterocycles.